The lowest BCUT2D eigenvalue weighted by Crippen LogP contribution is -2.33. The zero-order chi connectivity index (χ0) is 19.1. The Bertz CT molecular complexity index is 1050. The van der Waals surface area contributed by atoms with Gasteiger partial charge in [-0.25, -0.2) is 5.01 Å². The van der Waals surface area contributed by atoms with Gasteiger partial charge in [0.05, 0.1) is 18.9 Å². The first-order valence-corrected chi connectivity index (χ1v) is 9.88. The Morgan fingerprint density at radius 3 is 2.89 bits per heavy atom. The SMILES string of the molecule is COc1cccc(C2=NN3[C@H](C2)c2cc(Br)ccc2O[C@H]3c2cccnc2)c1. The highest BCUT2D eigenvalue weighted by Gasteiger charge is 2.41. The second-order valence-electron chi connectivity index (χ2n) is 6.82. The largest absolute Gasteiger partial charge is 0.497 e. The molecule has 0 spiro atoms. The number of benzene rings is 2. The third-order valence-corrected chi connectivity index (χ3v) is 5.62. The molecule has 5 nitrogen and oxygen atoms in total. The minimum atomic E-state index is -0.310. The van der Waals surface area contributed by atoms with Crippen molar-refractivity contribution in [1.82, 2.24) is 9.99 Å². The molecule has 2 aromatic carbocycles. The van der Waals surface area contributed by atoms with Crippen LogP contribution < -0.4 is 9.47 Å². The lowest BCUT2D eigenvalue weighted by Gasteiger charge is -2.38. The summed E-state index contributed by atoms with van der Waals surface area (Å²) in [5.74, 6) is 1.72. The standard InChI is InChI=1S/C22H18BrN3O2/c1-27-17-6-2-4-14(10-17)19-12-20-18-11-16(23)7-8-21(18)28-22(26(20)25-19)15-5-3-9-24-13-15/h2-11,13,20,22H,12H2,1H3/t20-,22+/m1/s1. The molecule has 0 unspecified atom stereocenters. The van der Waals surface area contributed by atoms with Gasteiger partial charge in [-0.05, 0) is 36.4 Å². The molecule has 0 amide bonds. The third-order valence-electron chi connectivity index (χ3n) is 5.12. The van der Waals surface area contributed by atoms with Crippen LogP contribution in [0.15, 0.2) is 76.6 Å². The summed E-state index contributed by atoms with van der Waals surface area (Å²) in [6.45, 7) is 0. The number of hydrazone groups is 1. The molecule has 3 heterocycles. The molecule has 0 aliphatic carbocycles. The van der Waals surface area contributed by atoms with Crippen LogP contribution in [0.4, 0.5) is 0 Å². The normalized spacial score (nSPS) is 20.1. The number of ether oxygens (including phenoxy) is 2. The van der Waals surface area contributed by atoms with Gasteiger partial charge in [-0.2, -0.15) is 5.10 Å². The van der Waals surface area contributed by atoms with Gasteiger partial charge in [0.1, 0.15) is 11.5 Å². The molecule has 0 bridgehead atoms. The van der Waals surface area contributed by atoms with Crippen LogP contribution >= 0.6 is 15.9 Å². The number of hydrogen-bond acceptors (Lipinski definition) is 5. The minimum absolute atomic E-state index is 0.104. The minimum Gasteiger partial charge on any atom is -0.497 e. The first kappa shape index (κ1) is 17.3. The number of nitrogens with zero attached hydrogens (tertiary/aromatic N) is 3. The van der Waals surface area contributed by atoms with Crippen LogP contribution in [-0.4, -0.2) is 22.8 Å². The quantitative estimate of drug-likeness (QED) is 0.574. The van der Waals surface area contributed by atoms with E-state index in [1.807, 2.05) is 48.7 Å². The van der Waals surface area contributed by atoms with Crippen LogP contribution in [0.1, 0.15) is 35.4 Å². The monoisotopic (exact) mass is 435 g/mol. The van der Waals surface area contributed by atoms with Crippen molar-refractivity contribution in [2.75, 3.05) is 7.11 Å². The molecule has 140 valence electrons. The van der Waals surface area contributed by atoms with Gasteiger partial charge in [0, 0.05) is 40.0 Å². The average molecular weight is 436 g/mol. The van der Waals surface area contributed by atoms with Crippen LogP contribution in [0.3, 0.4) is 0 Å². The maximum atomic E-state index is 6.35. The first-order valence-electron chi connectivity index (χ1n) is 9.09. The summed E-state index contributed by atoms with van der Waals surface area (Å²) in [5.41, 5.74) is 4.21. The maximum Gasteiger partial charge on any atom is 0.215 e. The molecule has 0 saturated heterocycles. The van der Waals surface area contributed by atoms with E-state index >= 15 is 0 Å². The first-order chi connectivity index (χ1) is 13.7. The summed E-state index contributed by atoms with van der Waals surface area (Å²) in [7, 11) is 1.68. The smallest absolute Gasteiger partial charge is 0.215 e. The van der Waals surface area contributed by atoms with Crippen LogP contribution in [0.2, 0.25) is 0 Å². The van der Waals surface area contributed by atoms with Gasteiger partial charge in [-0.3, -0.25) is 4.98 Å². The summed E-state index contributed by atoms with van der Waals surface area (Å²) < 4.78 is 12.8. The van der Waals surface area contributed by atoms with E-state index in [1.165, 1.54) is 0 Å². The third kappa shape index (κ3) is 2.94. The molecular formula is C22H18BrN3O2. The van der Waals surface area contributed by atoms with Gasteiger partial charge < -0.3 is 9.47 Å². The van der Waals surface area contributed by atoms with Crippen molar-refractivity contribution in [3.8, 4) is 11.5 Å². The van der Waals surface area contributed by atoms with E-state index in [9.17, 15) is 0 Å². The Labute approximate surface area is 171 Å². The van der Waals surface area contributed by atoms with Crippen molar-refractivity contribution in [3.05, 3.63) is 88.2 Å². The zero-order valence-corrected chi connectivity index (χ0v) is 16.8. The summed E-state index contributed by atoms with van der Waals surface area (Å²) in [4.78, 5) is 4.26. The molecule has 2 atom stereocenters. The Kier molecular flexibility index (Phi) is 4.28. The fraction of sp³-hybridized carbons (Fsp3) is 0.182. The molecule has 0 saturated carbocycles. The molecule has 2 aliphatic rings. The number of fused-ring (bicyclic) bond motifs is 3. The van der Waals surface area contributed by atoms with Crippen molar-refractivity contribution >= 4 is 21.6 Å². The molecular weight excluding hydrogens is 418 g/mol. The Morgan fingerprint density at radius 1 is 1.14 bits per heavy atom. The lowest BCUT2D eigenvalue weighted by atomic mass is 9.96. The molecule has 0 radical (unpaired) electrons. The molecule has 28 heavy (non-hydrogen) atoms. The highest BCUT2D eigenvalue weighted by molar-refractivity contribution is 9.10. The van der Waals surface area contributed by atoms with E-state index in [4.69, 9.17) is 14.6 Å². The predicted molar refractivity (Wildman–Crippen MR) is 110 cm³/mol. The summed E-state index contributed by atoms with van der Waals surface area (Å²) in [6.07, 6.45) is 4.10. The second-order valence-corrected chi connectivity index (χ2v) is 7.73. The van der Waals surface area contributed by atoms with Crippen LogP contribution in [0, 0.1) is 0 Å². The number of hydrogen-bond donors (Lipinski definition) is 0. The van der Waals surface area contributed by atoms with Crippen LogP contribution in [0.5, 0.6) is 11.5 Å². The molecule has 3 aromatic rings. The van der Waals surface area contributed by atoms with E-state index in [-0.39, 0.29) is 12.3 Å². The molecule has 6 heteroatoms. The number of pyridine rings is 1. The van der Waals surface area contributed by atoms with E-state index in [0.29, 0.717) is 0 Å². The highest BCUT2D eigenvalue weighted by Crippen LogP contribution is 2.48. The van der Waals surface area contributed by atoms with Crippen molar-refractivity contribution in [2.45, 2.75) is 18.7 Å². The lowest BCUT2D eigenvalue weighted by molar-refractivity contribution is -0.0192. The van der Waals surface area contributed by atoms with E-state index in [1.54, 1.807) is 13.3 Å². The van der Waals surface area contributed by atoms with E-state index in [2.05, 4.69) is 38.1 Å². The molecule has 2 aliphatic heterocycles. The Hall–Kier alpha value is -2.86. The number of halogens is 1. The van der Waals surface area contributed by atoms with Crippen molar-refractivity contribution in [2.24, 2.45) is 5.10 Å². The highest BCUT2D eigenvalue weighted by atomic mass is 79.9. The van der Waals surface area contributed by atoms with Gasteiger partial charge in [-0.1, -0.05) is 34.1 Å². The van der Waals surface area contributed by atoms with Gasteiger partial charge >= 0.3 is 0 Å². The van der Waals surface area contributed by atoms with Gasteiger partial charge in [0.2, 0.25) is 6.23 Å². The van der Waals surface area contributed by atoms with E-state index in [0.717, 1.165) is 44.8 Å². The van der Waals surface area contributed by atoms with E-state index < -0.39 is 0 Å². The van der Waals surface area contributed by atoms with Crippen LogP contribution in [-0.2, 0) is 0 Å². The van der Waals surface area contributed by atoms with Gasteiger partial charge in [0.25, 0.3) is 0 Å². The van der Waals surface area contributed by atoms with Crippen molar-refractivity contribution in [1.29, 1.82) is 0 Å². The van der Waals surface area contributed by atoms with Gasteiger partial charge in [0.15, 0.2) is 0 Å². The van der Waals surface area contributed by atoms with Crippen LogP contribution in [0.25, 0.3) is 0 Å². The number of methoxy groups -OCH3 is 1. The molecule has 0 fully saturated rings. The topological polar surface area (TPSA) is 47.0 Å². The summed E-state index contributed by atoms with van der Waals surface area (Å²) >= 11 is 3.59. The number of aromatic nitrogens is 1. The van der Waals surface area contributed by atoms with Crippen molar-refractivity contribution in [3.63, 3.8) is 0 Å². The van der Waals surface area contributed by atoms with Gasteiger partial charge in [-0.15, -0.1) is 0 Å². The van der Waals surface area contributed by atoms with Crippen molar-refractivity contribution < 1.29 is 9.47 Å². The Balaban J connectivity index is 1.60. The fourth-order valence-electron chi connectivity index (χ4n) is 3.78. The average Bonchev–Trinajstić information content (AvgIpc) is 3.20. The molecule has 5 rings (SSSR count). The molecule has 1 aromatic heterocycles. The number of rotatable bonds is 3. The summed E-state index contributed by atoms with van der Waals surface area (Å²) in [6, 6.07) is 18.2. The Morgan fingerprint density at radius 2 is 2.07 bits per heavy atom. The summed E-state index contributed by atoms with van der Waals surface area (Å²) in [5, 5.41) is 7.02. The fourth-order valence-corrected chi connectivity index (χ4v) is 4.16. The maximum absolute atomic E-state index is 6.35. The molecule has 0 N–H and O–H groups in total. The predicted octanol–water partition coefficient (Wildman–Crippen LogP) is 5.10. The second kappa shape index (κ2) is 6.95. The zero-order valence-electron chi connectivity index (χ0n) is 15.2.